The van der Waals surface area contributed by atoms with Crippen LogP contribution in [0.4, 0.5) is 0 Å². The SMILES string of the molecule is OCc1c[nH+]ccc1Cl.[Cl-]. The van der Waals surface area contributed by atoms with E-state index in [9.17, 15) is 0 Å². The van der Waals surface area contributed by atoms with Crippen LogP contribution in [0.1, 0.15) is 5.56 Å². The van der Waals surface area contributed by atoms with Crippen molar-refractivity contribution in [2.75, 3.05) is 0 Å². The summed E-state index contributed by atoms with van der Waals surface area (Å²) in [7, 11) is 0. The minimum Gasteiger partial charge on any atom is -1.00 e. The Morgan fingerprint density at radius 3 is 2.70 bits per heavy atom. The summed E-state index contributed by atoms with van der Waals surface area (Å²) in [4.78, 5) is 2.81. The van der Waals surface area contributed by atoms with Gasteiger partial charge >= 0.3 is 0 Å². The fraction of sp³-hybridized carbons (Fsp3) is 0.167. The van der Waals surface area contributed by atoms with E-state index in [2.05, 4.69) is 4.98 Å². The molecule has 56 valence electrons. The summed E-state index contributed by atoms with van der Waals surface area (Å²) in [6.45, 7) is -0.0177. The monoisotopic (exact) mass is 179 g/mol. The van der Waals surface area contributed by atoms with Crippen molar-refractivity contribution in [2.24, 2.45) is 0 Å². The molecular weight excluding hydrogens is 173 g/mol. The highest BCUT2D eigenvalue weighted by atomic mass is 35.5. The molecule has 0 atom stereocenters. The van der Waals surface area contributed by atoms with Crippen molar-refractivity contribution in [3.05, 3.63) is 29.0 Å². The fourth-order valence-electron chi connectivity index (χ4n) is 0.567. The van der Waals surface area contributed by atoms with E-state index in [0.29, 0.717) is 5.02 Å². The third-order valence-electron chi connectivity index (χ3n) is 1.06. The average Bonchev–Trinajstić information content (AvgIpc) is 1.89. The van der Waals surface area contributed by atoms with E-state index in [4.69, 9.17) is 16.7 Å². The summed E-state index contributed by atoms with van der Waals surface area (Å²) >= 11 is 5.64. The Hall–Kier alpha value is -0.310. The molecule has 0 spiro atoms. The first-order valence-electron chi connectivity index (χ1n) is 2.60. The van der Waals surface area contributed by atoms with E-state index in [1.54, 1.807) is 18.5 Å². The van der Waals surface area contributed by atoms with Crippen molar-refractivity contribution in [3.8, 4) is 0 Å². The average molecular weight is 180 g/mol. The first-order valence-corrected chi connectivity index (χ1v) is 2.97. The van der Waals surface area contributed by atoms with Gasteiger partial charge in [0.1, 0.15) is 0 Å². The maximum Gasteiger partial charge on any atom is 0.174 e. The van der Waals surface area contributed by atoms with Gasteiger partial charge in [0.25, 0.3) is 0 Å². The molecule has 0 fully saturated rings. The minimum atomic E-state index is -0.0177. The molecule has 0 radical (unpaired) electrons. The van der Waals surface area contributed by atoms with E-state index >= 15 is 0 Å². The van der Waals surface area contributed by atoms with Crippen LogP contribution in [0, 0.1) is 0 Å². The quantitative estimate of drug-likeness (QED) is 0.516. The predicted molar refractivity (Wildman–Crippen MR) is 33.9 cm³/mol. The topological polar surface area (TPSA) is 34.4 Å². The van der Waals surface area contributed by atoms with Crippen molar-refractivity contribution >= 4 is 11.6 Å². The first-order chi connectivity index (χ1) is 4.34. The molecule has 0 unspecified atom stereocenters. The van der Waals surface area contributed by atoms with Crippen LogP contribution in [0.25, 0.3) is 0 Å². The Kier molecular flexibility index (Phi) is 4.36. The third kappa shape index (κ3) is 2.14. The molecule has 1 rings (SSSR count). The lowest BCUT2D eigenvalue weighted by Crippen LogP contribution is -3.00. The first kappa shape index (κ1) is 9.69. The van der Waals surface area contributed by atoms with Crippen molar-refractivity contribution in [1.29, 1.82) is 0 Å². The van der Waals surface area contributed by atoms with Crippen molar-refractivity contribution in [2.45, 2.75) is 6.61 Å². The molecule has 0 amide bonds. The number of hydrogen-bond donors (Lipinski definition) is 1. The largest absolute Gasteiger partial charge is 1.00 e. The van der Waals surface area contributed by atoms with Crippen LogP contribution in [0.5, 0.6) is 0 Å². The minimum absolute atomic E-state index is 0. The van der Waals surface area contributed by atoms with E-state index in [1.807, 2.05) is 0 Å². The van der Waals surface area contributed by atoms with Gasteiger partial charge in [-0.05, 0) is 0 Å². The summed E-state index contributed by atoms with van der Waals surface area (Å²) in [5.41, 5.74) is 0.721. The lowest BCUT2D eigenvalue weighted by atomic mass is 10.3. The van der Waals surface area contributed by atoms with Gasteiger partial charge in [-0.15, -0.1) is 0 Å². The standard InChI is InChI=1S/C6H6ClNO.ClH/c7-6-1-2-8-3-5(6)4-9;/h1-3,9H,4H2;1H. The predicted octanol–water partition coefficient (Wildman–Crippen LogP) is -2.35. The molecule has 2 N–H and O–H groups in total. The molecule has 0 bridgehead atoms. The second-order valence-corrected chi connectivity index (χ2v) is 2.08. The number of aliphatic hydroxyl groups is 1. The molecule has 1 aromatic rings. The summed E-state index contributed by atoms with van der Waals surface area (Å²) in [6.07, 6.45) is 3.38. The zero-order valence-corrected chi connectivity index (χ0v) is 6.65. The number of hydrogen-bond acceptors (Lipinski definition) is 1. The summed E-state index contributed by atoms with van der Waals surface area (Å²) in [6, 6.07) is 1.70. The number of aliphatic hydroxyl groups excluding tert-OH is 1. The molecule has 0 aromatic carbocycles. The highest BCUT2D eigenvalue weighted by molar-refractivity contribution is 6.31. The summed E-state index contributed by atoms with van der Waals surface area (Å²) in [5, 5.41) is 9.21. The Morgan fingerprint density at radius 1 is 1.60 bits per heavy atom. The molecule has 4 heteroatoms. The zero-order valence-electron chi connectivity index (χ0n) is 5.14. The second kappa shape index (κ2) is 4.50. The molecule has 10 heavy (non-hydrogen) atoms. The van der Waals surface area contributed by atoms with Gasteiger partial charge in [0, 0.05) is 6.07 Å². The van der Waals surface area contributed by atoms with E-state index in [0.717, 1.165) is 5.56 Å². The van der Waals surface area contributed by atoms with Gasteiger partial charge in [0.2, 0.25) is 0 Å². The smallest absolute Gasteiger partial charge is 0.174 e. The molecule has 0 aliphatic rings. The number of H-pyrrole nitrogens is 1. The number of pyridine rings is 1. The van der Waals surface area contributed by atoms with E-state index in [-0.39, 0.29) is 19.0 Å². The maximum atomic E-state index is 8.61. The van der Waals surface area contributed by atoms with Crippen molar-refractivity contribution in [3.63, 3.8) is 0 Å². The molecule has 0 saturated carbocycles. The van der Waals surface area contributed by atoms with E-state index in [1.165, 1.54) is 0 Å². The van der Waals surface area contributed by atoms with Crippen molar-refractivity contribution < 1.29 is 22.5 Å². The summed E-state index contributed by atoms with van der Waals surface area (Å²) in [5.74, 6) is 0. The second-order valence-electron chi connectivity index (χ2n) is 1.68. The Bertz CT molecular complexity index is 205. The summed E-state index contributed by atoms with van der Waals surface area (Å²) < 4.78 is 0. The number of nitrogens with one attached hydrogen (secondary N) is 1. The van der Waals surface area contributed by atoms with Crippen LogP contribution >= 0.6 is 11.6 Å². The molecule has 0 saturated heterocycles. The van der Waals surface area contributed by atoms with Crippen LogP contribution in [0.15, 0.2) is 18.5 Å². The number of halogens is 2. The third-order valence-corrected chi connectivity index (χ3v) is 1.43. The number of rotatable bonds is 1. The van der Waals surface area contributed by atoms with Crippen LogP contribution in [0.2, 0.25) is 5.02 Å². The molecule has 0 aliphatic carbocycles. The van der Waals surface area contributed by atoms with Gasteiger partial charge in [-0.1, -0.05) is 11.6 Å². The van der Waals surface area contributed by atoms with Crippen LogP contribution in [-0.4, -0.2) is 5.11 Å². The number of aromatic nitrogens is 1. The maximum absolute atomic E-state index is 8.61. The lowest BCUT2D eigenvalue weighted by molar-refractivity contribution is -0.378. The van der Waals surface area contributed by atoms with Gasteiger partial charge in [-0.2, -0.15) is 0 Å². The highest BCUT2D eigenvalue weighted by Crippen LogP contribution is 2.10. The number of aromatic amines is 1. The Balaban J connectivity index is 0.000000810. The molecule has 2 nitrogen and oxygen atoms in total. The van der Waals surface area contributed by atoms with Crippen LogP contribution < -0.4 is 17.4 Å². The van der Waals surface area contributed by atoms with Gasteiger partial charge in [-0.3, -0.25) is 0 Å². The van der Waals surface area contributed by atoms with Gasteiger partial charge in [0.05, 0.1) is 17.2 Å². The highest BCUT2D eigenvalue weighted by Gasteiger charge is 1.98. The zero-order chi connectivity index (χ0) is 6.69. The van der Waals surface area contributed by atoms with E-state index < -0.39 is 0 Å². The van der Waals surface area contributed by atoms with Crippen LogP contribution in [0.3, 0.4) is 0 Å². The van der Waals surface area contributed by atoms with Gasteiger partial charge in [-0.25, -0.2) is 4.98 Å². The molecular formula is C6H7Cl2NO. The normalized spacial score (nSPS) is 8.60. The molecule has 1 heterocycles. The Labute approximate surface area is 70.3 Å². The lowest BCUT2D eigenvalue weighted by Gasteiger charge is -1.90. The Morgan fingerprint density at radius 2 is 2.30 bits per heavy atom. The van der Waals surface area contributed by atoms with Crippen molar-refractivity contribution in [1.82, 2.24) is 0 Å². The fourth-order valence-corrected chi connectivity index (χ4v) is 0.744. The van der Waals surface area contributed by atoms with Crippen LogP contribution in [-0.2, 0) is 6.61 Å². The molecule has 0 aliphatic heterocycles. The van der Waals surface area contributed by atoms with Gasteiger partial charge < -0.3 is 17.5 Å². The van der Waals surface area contributed by atoms with Gasteiger partial charge in [0.15, 0.2) is 12.4 Å². The molecule has 1 aromatic heterocycles.